The zero-order valence-electron chi connectivity index (χ0n) is 10.2. The van der Waals surface area contributed by atoms with Crippen molar-refractivity contribution in [2.45, 2.75) is 18.9 Å². The Balaban J connectivity index is 1.74. The van der Waals surface area contributed by atoms with Crippen LogP contribution in [-0.4, -0.2) is 42.3 Å². The third-order valence-corrected chi connectivity index (χ3v) is 4.17. The second-order valence-corrected chi connectivity index (χ2v) is 5.15. The Morgan fingerprint density at radius 1 is 1.56 bits per heavy atom. The Labute approximate surface area is 105 Å². The first-order valence-corrected chi connectivity index (χ1v) is 6.25. The van der Waals surface area contributed by atoms with E-state index in [9.17, 15) is 4.79 Å². The zero-order valence-corrected chi connectivity index (χ0v) is 10.2. The third-order valence-electron chi connectivity index (χ3n) is 4.17. The molecular weight excluding hydrogens is 232 g/mol. The highest BCUT2D eigenvalue weighted by molar-refractivity contribution is 5.36. The van der Waals surface area contributed by atoms with Crippen LogP contribution in [0.2, 0.25) is 0 Å². The number of aromatic amines is 1. The smallest absolute Gasteiger partial charge is 0.291 e. The number of nitrogens with zero attached hydrogens (tertiary/aromatic N) is 2. The number of hydrogen-bond donors (Lipinski definition) is 2. The van der Waals surface area contributed by atoms with Gasteiger partial charge in [-0.2, -0.15) is 0 Å². The van der Waals surface area contributed by atoms with Crippen molar-refractivity contribution in [1.82, 2.24) is 9.97 Å². The van der Waals surface area contributed by atoms with Gasteiger partial charge in [-0.3, -0.25) is 4.79 Å². The number of anilines is 1. The van der Waals surface area contributed by atoms with Crippen LogP contribution in [0.25, 0.3) is 0 Å². The van der Waals surface area contributed by atoms with Crippen LogP contribution < -0.4 is 16.2 Å². The minimum absolute atomic E-state index is 0.101. The van der Waals surface area contributed by atoms with E-state index >= 15 is 0 Å². The normalized spacial score (nSPS) is 26.7. The second kappa shape index (κ2) is 4.37. The molecule has 18 heavy (non-hydrogen) atoms. The summed E-state index contributed by atoms with van der Waals surface area (Å²) in [6, 6.07) is 0.120. The molecule has 1 atom stereocenters. The lowest BCUT2D eigenvalue weighted by atomic mass is 9.75. The molecule has 97 valence electrons. The molecule has 0 saturated carbocycles. The molecule has 0 aromatic carbocycles. The molecule has 1 spiro atoms. The van der Waals surface area contributed by atoms with Crippen molar-refractivity contribution in [2.75, 3.05) is 31.2 Å². The highest BCUT2D eigenvalue weighted by atomic mass is 16.5. The number of nitrogens with one attached hydrogen (secondary N) is 1. The molecule has 0 bridgehead atoms. The molecule has 0 unspecified atom stereocenters. The number of rotatable bonds is 1. The Hall–Kier alpha value is -1.40. The second-order valence-electron chi connectivity index (χ2n) is 5.15. The predicted molar refractivity (Wildman–Crippen MR) is 66.4 cm³/mol. The monoisotopic (exact) mass is 249 g/mol. The average Bonchev–Trinajstić information content (AvgIpc) is 2.73. The maximum atomic E-state index is 11.7. The van der Waals surface area contributed by atoms with Crippen molar-refractivity contribution >= 4 is 5.82 Å². The van der Waals surface area contributed by atoms with Gasteiger partial charge in [0.15, 0.2) is 5.82 Å². The van der Waals surface area contributed by atoms with Crippen LogP contribution in [0.4, 0.5) is 5.82 Å². The number of ether oxygens (including phenoxy) is 1. The molecule has 2 aliphatic rings. The maximum absolute atomic E-state index is 11.7. The maximum Gasteiger partial charge on any atom is 0.291 e. The van der Waals surface area contributed by atoms with Gasteiger partial charge in [-0.15, -0.1) is 0 Å². The lowest BCUT2D eigenvalue weighted by Gasteiger charge is -2.40. The number of hydrogen-bond acceptors (Lipinski definition) is 5. The molecule has 1 radical (unpaired) electrons. The van der Waals surface area contributed by atoms with Gasteiger partial charge < -0.3 is 20.4 Å². The van der Waals surface area contributed by atoms with E-state index in [-0.39, 0.29) is 17.0 Å². The van der Waals surface area contributed by atoms with E-state index in [2.05, 4.69) is 16.2 Å². The van der Waals surface area contributed by atoms with Crippen molar-refractivity contribution in [3.05, 3.63) is 22.7 Å². The molecule has 3 heterocycles. The summed E-state index contributed by atoms with van der Waals surface area (Å²) >= 11 is 0. The SMILES string of the molecule is N[C@@H]1COCC12CCN(c1nc[c][nH]c1=O)CC2. The quantitative estimate of drug-likeness (QED) is 0.702. The first-order valence-electron chi connectivity index (χ1n) is 6.25. The van der Waals surface area contributed by atoms with E-state index in [0.717, 1.165) is 32.5 Å². The van der Waals surface area contributed by atoms with E-state index in [4.69, 9.17) is 10.5 Å². The van der Waals surface area contributed by atoms with Gasteiger partial charge in [0, 0.05) is 24.5 Å². The van der Waals surface area contributed by atoms with Crippen LogP contribution in [0.5, 0.6) is 0 Å². The van der Waals surface area contributed by atoms with E-state index in [1.165, 1.54) is 6.20 Å². The molecule has 2 aliphatic heterocycles. The molecule has 2 saturated heterocycles. The number of aromatic nitrogens is 2. The topological polar surface area (TPSA) is 84.2 Å². The number of nitrogens with two attached hydrogens (primary N) is 1. The molecule has 2 fully saturated rings. The van der Waals surface area contributed by atoms with Crippen LogP contribution in [0.3, 0.4) is 0 Å². The Morgan fingerprint density at radius 3 is 2.94 bits per heavy atom. The van der Waals surface area contributed by atoms with Gasteiger partial charge in [0.05, 0.1) is 25.6 Å². The molecule has 1 aromatic rings. The Bertz CT molecular complexity index is 479. The first-order chi connectivity index (χ1) is 8.71. The molecule has 1 aromatic heterocycles. The largest absolute Gasteiger partial charge is 0.379 e. The summed E-state index contributed by atoms with van der Waals surface area (Å²) in [7, 11) is 0. The molecule has 0 aliphatic carbocycles. The molecule has 3 N–H and O–H groups in total. The van der Waals surface area contributed by atoms with Crippen LogP contribution >= 0.6 is 0 Å². The summed E-state index contributed by atoms with van der Waals surface area (Å²) in [5.74, 6) is 0.482. The van der Waals surface area contributed by atoms with Crippen LogP contribution in [0.1, 0.15) is 12.8 Å². The molecule has 6 nitrogen and oxygen atoms in total. The standard InChI is InChI=1S/C12H17N4O2/c13-9-7-18-8-12(9)1-5-16(6-2-12)10-11(17)15-4-3-14-10/h3,9H,1-2,5-8,13H2,(H,15,17)/t9-/m1/s1. The molecule has 3 rings (SSSR count). The van der Waals surface area contributed by atoms with E-state index in [0.29, 0.717) is 12.4 Å². The third kappa shape index (κ3) is 1.81. The summed E-state index contributed by atoms with van der Waals surface area (Å²) in [5, 5.41) is 0. The van der Waals surface area contributed by atoms with Gasteiger partial charge in [-0.1, -0.05) is 0 Å². The van der Waals surface area contributed by atoms with Gasteiger partial charge >= 0.3 is 0 Å². The van der Waals surface area contributed by atoms with Gasteiger partial charge in [0.1, 0.15) is 0 Å². The van der Waals surface area contributed by atoms with Crippen LogP contribution in [0, 0.1) is 11.6 Å². The van der Waals surface area contributed by atoms with Crippen molar-refractivity contribution in [2.24, 2.45) is 11.1 Å². The minimum Gasteiger partial charge on any atom is -0.379 e. The summed E-state index contributed by atoms with van der Waals surface area (Å²) in [5.41, 5.74) is 6.05. The fourth-order valence-corrected chi connectivity index (χ4v) is 2.88. The van der Waals surface area contributed by atoms with Crippen molar-refractivity contribution in [1.29, 1.82) is 0 Å². The van der Waals surface area contributed by atoms with Gasteiger partial charge in [-0.05, 0) is 12.8 Å². The Kier molecular flexibility index (Phi) is 2.83. The Morgan fingerprint density at radius 2 is 2.33 bits per heavy atom. The highest BCUT2D eigenvalue weighted by Crippen LogP contribution is 2.38. The summed E-state index contributed by atoms with van der Waals surface area (Å²) in [6.07, 6.45) is 5.98. The highest BCUT2D eigenvalue weighted by Gasteiger charge is 2.44. The number of piperidine rings is 1. The van der Waals surface area contributed by atoms with Crippen LogP contribution in [-0.2, 0) is 4.74 Å². The molecular formula is C12H17N4O2. The number of H-pyrrole nitrogens is 1. The van der Waals surface area contributed by atoms with E-state index in [1.54, 1.807) is 0 Å². The summed E-state index contributed by atoms with van der Waals surface area (Å²) in [4.78, 5) is 20.3. The van der Waals surface area contributed by atoms with Gasteiger partial charge in [-0.25, -0.2) is 4.98 Å². The predicted octanol–water partition coefficient (Wildman–Crippen LogP) is -0.486. The minimum atomic E-state index is -0.180. The van der Waals surface area contributed by atoms with Gasteiger partial charge in [0.25, 0.3) is 5.56 Å². The summed E-state index contributed by atoms with van der Waals surface area (Å²) in [6.45, 7) is 3.00. The first kappa shape index (κ1) is 11.7. The van der Waals surface area contributed by atoms with Crippen LogP contribution in [0.15, 0.2) is 11.0 Å². The summed E-state index contributed by atoms with van der Waals surface area (Å²) < 4.78 is 5.48. The molecule has 0 amide bonds. The fraction of sp³-hybridized carbons (Fsp3) is 0.667. The average molecular weight is 249 g/mol. The van der Waals surface area contributed by atoms with E-state index in [1.807, 2.05) is 4.90 Å². The van der Waals surface area contributed by atoms with Crippen molar-refractivity contribution in [3.63, 3.8) is 0 Å². The fourth-order valence-electron chi connectivity index (χ4n) is 2.88. The van der Waals surface area contributed by atoms with Crippen molar-refractivity contribution < 1.29 is 4.74 Å². The van der Waals surface area contributed by atoms with E-state index < -0.39 is 0 Å². The zero-order chi connectivity index (χ0) is 12.6. The van der Waals surface area contributed by atoms with Gasteiger partial charge in [0.2, 0.25) is 0 Å². The lowest BCUT2D eigenvalue weighted by Crippen LogP contribution is -2.50. The van der Waals surface area contributed by atoms with Crippen molar-refractivity contribution in [3.8, 4) is 0 Å². The molecule has 6 heteroatoms. The lowest BCUT2D eigenvalue weighted by molar-refractivity contribution is 0.131.